The number of benzene rings is 1. The third-order valence-electron chi connectivity index (χ3n) is 4.57. The van der Waals surface area contributed by atoms with Gasteiger partial charge < -0.3 is 19.9 Å². The number of carbonyl (C=O) groups is 5. The van der Waals surface area contributed by atoms with Gasteiger partial charge in [-0.15, -0.1) is 0 Å². The molecule has 156 valence electrons. The van der Waals surface area contributed by atoms with E-state index in [4.69, 9.17) is 4.74 Å². The number of hydrogen-bond donors (Lipinski definition) is 1. The lowest BCUT2D eigenvalue weighted by Gasteiger charge is -2.34. The van der Waals surface area contributed by atoms with Gasteiger partial charge in [0.05, 0.1) is 12.1 Å². The molecule has 1 aromatic rings. The van der Waals surface area contributed by atoms with Gasteiger partial charge >= 0.3 is 5.97 Å². The molecule has 1 aromatic carbocycles. The molecule has 1 N–H and O–H groups in total. The van der Waals surface area contributed by atoms with Crippen molar-refractivity contribution in [2.75, 3.05) is 38.1 Å². The van der Waals surface area contributed by atoms with Crippen LogP contribution in [0.25, 0.3) is 0 Å². The number of ether oxygens (including phenoxy) is 1. The summed E-state index contributed by atoms with van der Waals surface area (Å²) in [5, 5.41) is 2.53. The molecule has 1 aliphatic heterocycles. The van der Waals surface area contributed by atoms with Gasteiger partial charge in [-0.1, -0.05) is 12.1 Å². The highest BCUT2D eigenvalue weighted by Crippen LogP contribution is 2.15. The molecular formula is C20H25N3O6. The van der Waals surface area contributed by atoms with Crippen molar-refractivity contribution in [3.8, 4) is 0 Å². The van der Waals surface area contributed by atoms with E-state index in [1.54, 1.807) is 34.1 Å². The summed E-state index contributed by atoms with van der Waals surface area (Å²) in [5.74, 6) is -1.63. The van der Waals surface area contributed by atoms with Crippen LogP contribution in [0.3, 0.4) is 0 Å². The zero-order valence-electron chi connectivity index (χ0n) is 16.6. The predicted molar refractivity (Wildman–Crippen MR) is 104 cm³/mol. The van der Waals surface area contributed by atoms with E-state index in [-0.39, 0.29) is 30.4 Å². The third-order valence-corrected chi connectivity index (χ3v) is 4.57. The van der Waals surface area contributed by atoms with Crippen molar-refractivity contribution in [3.63, 3.8) is 0 Å². The molecule has 0 saturated carbocycles. The first-order chi connectivity index (χ1) is 13.8. The summed E-state index contributed by atoms with van der Waals surface area (Å²) in [6, 6.07) is 6.53. The van der Waals surface area contributed by atoms with Crippen molar-refractivity contribution in [2.45, 2.75) is 26.7 Å². The van der Waals surface area contributed by atoms with Crippen LogP contribution in [0.15, 0.2) is 24.3 Å². The molecule has 0 bridgehead atoms. The van der Waals surface area contributed by atoms with Crippen molar-refractivity contribution in [1.82, 2.24) is 9.80 Å². The highest BCUT2D eigenvalue weighted by atomic mass is 16.5. The average Bonchev–Trinajstić information content (AvgIpc) is 2.70. The number of para-hydroxylation sites is 1. The van der Waals surface area contributed by atoms with E-state index in [0.717, 1.165) is 0 Å². The summed E-state index contributed by atoms with van der Waals surface area (Å²) < 4.78 is 4.90. The second kappa shape index (κ2) is 10.4. The minimum atomic E-state index is -0.657. The van der Waals surface area contributed by atoms with E-state index in [0.29, 0.717) is 37.4 Å². The summed E-state index contributed by atoms with van der Waals surface area (Å²) in [5.41, 5.74) is 0.712. The molecule has 0 unspecified atom stereocenters. The zero-order chi connectivity index (χ0) is 21.4. The normalized spacial score (nSPS) is 13.6. The zero-order valence-corrected chi connectivity index (χ0v) is 16.6. The number of nitrogens with zero attached hydrogens (tertiary/aromatic N) is 2. The van der Waals surface area contributed by atoms with Crippen molar-refractivity contribution in [1.29, 1.82) is 0 Å². The third kappa shape index (κ3) is 6.70. The molecule has 2 rings (SSSR count). The summed E-state index contributed by atoms with van der Waals surface area (Å²) in [6.07, 6.45) is -0.156. The Kier molecular flexibility index (Phi) is 7.88. The summed E-state index contributed by atoms with van der Waals surface area (Å²) in [7, 11) is 0. The van der Waals surface area contributed by atoms with Gasteiger partial charge in [-0.3, -0.25) is 24.0 Å². The Morgan fingerprint density at radius 1 is 0.931 bits per heavy atom. The number of hydrogen-bond acceptors (Lipinski definition) is 6. The van der Waals surface area contributed by atoms with Gasteiger partial charge in [-0.05, 0) is 19.1 Å². The first-order valence-corrected chi connectivity index (χ1v) is 9.36. The molecule has 0 radical (unpaired) electrons. The fourth-order valence-corrected chi connectivity index (χ4v) is 2.94. The van der Waals surface area contributed by atoms with Crippen LogP contribution in [0.2, 0.25) is 0 Å². The van der Waals surface area contributed by atoms with E-state index in [1.807, 2.05) is 0 Å². The van der Waals surface area contributed by atoms with Crippen LogP contribution in [0.4, 0.5) is 5.69 Å². The van der Waals surface area contributed by atoms with Gasteiger partial charge in [0.1, 0.15) is 0 Å². The largest absolute Gasteiger partial charge is 0.456 e. The Morgan fingerprint density at radius 2 is 1.55 bits per heavy atom. The highest BCUT2D eigenvalue weighted by Gasteiger charge is 2.23. The lowest BCUT2D eigenvalue weighted by molar-refractivity contribution is -0.149. The lowest BCUT2D eigenvalue weighted by atomic mass is 10.1. The van der Waals surface area contributed by atoms with Gasteiger partial charge in [0.15, 0.2) is 12.4 Å². The maximum atomic E-state index is 12.2. The van der Waals surface area contributed by atoms with E-state index in [2.05, 4.69) is 5.32 Å². The number of Topliss-reactive ketones (excluding diaryl/α,β-unsaturated/α-hetero) is 1. The van der Waals surface area contributed by atoms with Crippen LogP contribution in [-0.2, 0) is 23.9 Å². The number of piperazine rings is 1. The second-order valence-electron chi connectivity index (χ2n) is 6.70. The van der Waals surface area contributed by atoms with Crippen LogP contribution >= 0.6 is 0 Å². The minimum absolute atomic E-state index is 0.0201. The maximum absolute atomic E-state index is 12.2. The Labute approximate surface area is 169 Å². The molecule has 1 heterocycles. The van der Waals surface area contributed by atoms with Crippen molar-refractivity contribution < 1.29 is 28.7 Å². The first-order valence-electron chi connectivity index (χ1n) is 9.36. The summed E-state index contributed by atoms with van der Waals surface area (Å²) in [6.45, 7) is 4.21. The Hall–Kier alpha value is -3.23. The predicted octanol–water partition coefficient (Wildman–Crippen LogP) is 0.842. The average molecular weight is 403 g/mol. The van der Waals surface area contributed by atoms with Gasteiger partial charge in [0.25, 0.3) is 5.91 Å². The maximum Gasteiger partial charge on any atom is 0.306 e. The molecule has 0 spiro atoms. The molecule has 1 fully saturated rings. The molecule has 3 amide bonds. The van der Waals surface area contributed by atoms with E-state index >= 15 is 0 Å². The quantitative estimate of drug-likeness (QED) is 0.533. The van der Waals surface area contributed by atoms with Crippen molar-refractivity contribution in [2.24, 2.45) is 0 Å². The molecule has 9 nitrogen and oxygen atoms in total. The Balaban J connectivity index is 1.71. The fraction of sp³-hybridized carbons (Fsp3) is 0.450. The fourth-order valence-electron chi connectivity index (χ4n) is 2.94. The summed E-state index contributed by atoms with van der Waals surface area (Å²) in [4.78, 5) is 62.1. The number of esters is 1. The number of nitrogens with one attached hydrogen (secondary N) is 1. The number of anilines is 1. The van der Waals surface area contributed by atoms with Crippen LogP contribution in [-0.4, -0.2) is 72.1 Å². The van der Waals surface area contributed by atoms with Crippen molar-refractivity contribution >= 4 is 35.2 Å². The molecule has 0 aliphatic carbocycles. The molecule has 29 heavy (non-hydrogen) atoms. The Morgan fingerprint density at radius 3 is 2.17 bits per heavy atom. The molecule has 9 heteroatoms. The molecule has 0 aromatic heterocycles. The summed E-state index contributed by atoms with van der Waals surface area (Å²) >= 11 is 0. The monoisotopic (exact) mass is 403 g/mol. The van der Waals surface area contributed by atoms with Crippen LogP contribution < -0.4 is 5.32 Å². The van der Waals surface area contributed by atoms with Crippen LogP contribution in [0.1, 0.15) is 37.0 Å². The van der Waals surface area contributed by atoms with E-state index in [1.165, 1.54) is 13.8 Å². The smallest absolute Gasteiger partial charge is 0.306 e. The van der Waals surface area contributed by atoms with Crippen molar-refractivity contribution in [3.05, 3.63) is 29.8 Å². The van der Waals surface area contributed by atoms with Gasteiger partial charge in [-0.2, -0.15) is 0 Å². The minimum Gasteiger partial charge on any atom is -0.456 e. The molecular weight excluding hydrogens is 378 g/mol. The van der Waals surface area contributed by atoms with E-state index < -0.39 is 18.5 Å². The Bertz CT molecular complexity index is 799. The van der Waals surface area contributed by atoms with Crippen LogP contribution in [0, 0.1) is 0 Å². The van der Waals surface area contributed by atoms with Gasteiger partial charge in [0.2, 0.25) is 11.8 Å². The second-order valence-corrected chi connectivity index (χ2v) is 6.70. The number of rotatable bonds is 7. The standard InChI is InChI=1S/C20H25N3O6/c1-14(24)16-5-3-4-6-17(16)21-18(26)13-29-20(28)8-7-19(27)23-11-9-22(10-12-23)15(2)25/h3-6H,7-13H2,1-2H3,(H,21,26). The number of carbonyl (C=O) groups excluding carboxylic acids is 5. The van der Waals surface area contributed by atoms with Gasteiger partial charge in [-0.25, -0.2) is 0 Å². The number of ketones is 1. The number of amides is 3. The SMILES string of the molecule is CC(=O)c1ccccc1NC(=O)COC(=O)CCC(=O)N1CCN(C(C)=O)CC1. The molecule has 1 aliphatic rings. The van der Waals surface area contributed by atoms with E-state index in [9.17, 15) is 24.0 Å². The van der Waals surface area contributed by atoms with Gasteiger partial charge in [0, 0.05) is 45.1 Å². The first kappa shape index (κ1) is 22.1. The molecule has 1 saturated heterocycles. The lowest BCUT2D eigenvalue weighted by Crippen LogP contribution is -2.50. The van der Waals surface area contributed by atoms with Crippen LogP contribution in [0.5, 0.6) is 0 Å². The molecule has 0 atom stereocenters. The highest BCUT2D eigenvalue weighted by molar-refractivity contribution is 6.04. The topological polar surface area (TPSA) is 113 Å².